The highest BCUT2D eigenvalue weighted by atomic mass is 79.9. The van der Waals surface area contributed by atoms with Crippen molar-refractivity contribution in [2.24, 2.45) is 5.84 Å². The van der Waals surface area contributed by atoms with Crippen LogP contribution in [0, 0.1) is 12.7 Å². The smallest absolute Gasteiger partial charge is 0.266 e. The molecule has 0 fully saturated rings. The number of nitrogen functional groups attached to an aromatic ring is 1. The number of hydrogen-bond donors (Lipinski definition) is 2. The van der Waals surface area contributed by atoms with Gasteiger partial charge in [-0.05, 0) is 40.5 Å². The molecule has 0 aliphatic heterocycles. The summed E-state index contributed by atoms with van der Waals surface area (Å²) in [5, 5.41) is 0. The number of carbonyl (C=O) groups is 1. The number of rotatable bonds is 1. The van der Waals surface area contributed by atoms with Crippen LogP contribution in [-0.4, -0.2) is 5.91 Å². The highest BCUT2D eigenvalue weighted by Crippen LogP contribution is 2.20. The Morgan fingerprint density at radius 2 is 2.23 bits per heavy atom. The van der Waals surface area contributed by atoms with Crippen LogP contribution in [0.1, 0.15) is 15.9 Å². The molecule has 0 spiro atoms. The van der Waals surface area contributed by atoms with Gasteiger partial charge in [-0.2, -0.15) is 0 Å². The van der Waals surface area contributed by atoms with Crippen LogP contribution in [0.5, 0.6) is 0 Å². The Morgan fingerprint density at radius 3 is 2.77 bits per heavy atom. The first-order valence-corrected chi connectivity index (χ1v) is 4.32. The molecule has 1 amide bonds. The molecule has 0 atom stereocenters. The zero-order valence-electron chi connectivity index (χ0n) is 6.90. The van der Waals surface area contributed by atoms with E-state index in [1.165, 1.54) is 6.07 Å². The molecule has 0 radical (unpaired) electrons. The summed E-state index contributed by atoms with van der Waals surface area (Å²) in [6, 6.07) is 2.67. The monoisotopic (exact) mass is 246 g/mol. The molecule has 0 unspecified atom stereocenters. The zero-order valence-corrected chi connectivity index (χ0v) is 8.48. The molecule has 0 bridgehead atoms. The van der Waals surface area contributed by atoms with E-state index in [1.807, 2.05) is 5.43 Å². The molecule has 0 aliphatic carbocycles. The van der Waals surface area contributed by atoms with Gasteiger partial charge in [0.1, 0.15) is 5.82 Å². The third-order valence-corrected chi connectivity index (χ3v) is 2.28. The van der Waals surface area contributed by atoms with Crippen molar-refractivity contribution in [3.8, 4) is 0 Å². The highest BCUT2D eigenvalue weighted by molar-refractivity contribution is 9.10. The van der Waals surface area contributed by atoms with E-state index in [0.29, 0.717) is 10.0 Å². The molecular formula is C8H8BrFN2O. The van der Waals surface area contributed by atoms with Crippen molar-refractivity contribution in [2.45, 2.75) is 6.92 Å². The first-order chi connectivity index (χ1) is 6.06. The molecular weight excluding hydrogens is 239 g/mol. The van der Waals surface area contributed by atoms with Crippen LogP contribution in [0.4, 0.5) is 4.39 Å². The van der Waals surface area contributed by atoms with Crippen molar-refractivity contribution in [3.63, 3.8) is 0 Å². The Bertz CT molecular complexity index is 354. The average molecular weight is 247 g/mol. The van der Waals surface area contributed by atoms with E-state index in [-0.39, 0.29) is 5.56 Å². The second-order valence-corrected chi connectivity index (χ2v) is 3.41. The number of nitrogens with one attached hydrogen (secondary N) is 1. The second-order valence-electron chi connectivity index (χ2n) is 2.55. The van der Waals surface area contributed by atoms with E-state index in [2.05, 4.69) is 15.9 Å². The number of benzene rings is 1. The highest BCUT2D eigenvalue weighted by Gasteiger charge is 2.11. The minimum Gasteiger partial charge on any atom is -0.290 e. The van der Waals surface area contributed by atoms with Gasteiger partial charge in [-0.1, -0.05) is 0 Å². The summed E-state index contributed by atoms with van der Waals surface area (Å²) in [7, 11) is 0. The zero-order chi connectivity index (χ0) is 10.0. The van der Waals surface area contributed by atoms with Crippen molar-refractivity contribution in [2.75, 3.05) is 0 Å². The normalized spacial score (nSPS) is 9.85. The summed E-state index contributed by atoms with van der Waals surface area (Å²) in [5.41, 5.74) is 2.59. The topological polar surface area (TPSA) is 55.1 Å². The van der Waals surface area contributed by atoms with E-state index >= 15 is 0 Å². The number of nitrogens with two attached hydrogens (primary N) is 1. The maximum Gasteiger partial charge on any atom is 0.266 e. The Morgan fingerprint density at radius 1 is 1.62 bits per heavy atom. The predicted molar refractivity (Wildman–Crippen MR) is 50.5 cm³/mol. The molecule has 1 aromatic carbocycles. The average Bonchev–Trinajstić information content (AvgIpc) is 2.10. The summed E-state index contributed by atoms with van der Waals surface area (Å²) >= 11 is 3.14. The largest absolute Gasteiger partial charge is 0.290 e. The third-order valence-electron chi connectivity index (χ3n) is 1.62. The lowest BCUT2D eigenvalue weighted by atomic mass is 10.1. The number of carbonyl (C=O) groups excluding carboxylic acids is 1. The SMILES string of the molecule is Cc1cc(Br)c(C(=O)NN)cc1F. The number of halogens is 2. The van der Waals surface area contributed by atoms with Gasteiger partial charge in [0.05, 0.1) is 5.56 Å². The summed E-state index contributed by atoms with van der Waals surface area (Å²) in [5.74, 6) is 3.97. The number of hydrazine groups is 1. The molecule has 0 aliphatic rings. The predicted octanol–water partition coefficient (Wildman–Crippen LogP) is 1.50. The summed E-state index contributed by atoms with van der Waals surface area (Å²) in [4.78, 5) is 11.1. The molecule has 1 aromatic rings. The van der Waals surface area contributed by atoms with Crippen LogP contribution in [0.3, 0.4) is 0 Å². The van der Waals surface area contributed by atoms with Crippen molar-refractivity contribution in [1.82, 2.24) is 5.43 Å². The lowest BCUT2D eigenvalue weighted by Crippen LogP contribution is -2.30. The molecule has 0 saturated carbocycles. The van der Waals surface area contributed by atoms with Crippen LogP contribution in [0.25, 0.3) is 0 Å². The molecule has 0 saturated heterocycles. The van der Waals surface area contributed by atoms with Crippen LogP contribution < -0.4 is 11.3 Å². The molecule has 0 aromatic heterocycles. The maximum absolute atomic E-state index is 13.0. The van der Waals surface area contributed by atoms with Crippen molar-refractivity contribution < 1.29 is 9.18 Å². The number of hydrogen-bond acceptors (Lipinski definition) is 2. The fourth-order valence-corrected chi connectivity index (χ4v) is 1.54. The van der Waals surface area contributed by atoms with Gasteiger partial charge in [-0.25, -0.2) is 10.2 Å². The summed E-state index contributed by atoms with van der Waals surface area (Å²) in [6.07, 6.45) is 0. The standard InChI is InChI=1S/C8H8BrFN2O/c1-4-2-6(9)5(3-7(4)10)8(13)12-11/h2-3H,11H2,1H3,(H,12,13). The Hall–Kier alpha value is -0.940. The fourth-order valence-electron chi connectivity index (χ4n) is 0.898. The minimum atomic E-state index is -0.522. The minimum absolute atomic E-state index is 0.186. The van der Waals surface area contributed by atoms with Crippen molar-refractivity contribution in [3.05, 3.63) is 33.5 Å². The first kappa shape index (κ1) is 10.1. The first-order valence-electron chi connectivity index (χ1n) is 3.53. The Balaban J connectivity index is 3.23. The van der Waals surface area contributed by atoms with Crippen LogP contribution in [-0.2, 0) is 0 Å². The quantitative estimate of drug-likeness (QED) is 0.449. The summed E-state index contributed by atoms with van der Waals surface area (Å²) in [6.45, 7) is 1.62. The van der Waals surface area contributed by atoms with Gasteiger partial charge in [0.2, 0.25) is 0 Å². The maximum atomic E-state index is 13.0. The van der Waals surface area contributed by atoms with Gasteiger partial charge >= 0.3 is 0 Å². The van der Waals surface area contributed by atoms with Crippen LogP contribution in [0.2, 0.25) is 0 Å². The van der Waals surface area contributed by atoms with Gasteiger partial charge < -0.3 is 0 Å². The van der Waals surface area contributed by atoms with E-state index in [0.717, 1.165) is 6.07 Å². The van der Waals surface area contributed by atoms with Gasteiger partial charge in [0.25, 0.3) is 5.91 Å². The summed E-state index contributed by atoms with van der Waals surface area (Å²) < 4.78 is 13.5. The molecule has 70 valence electrons. The molecule has 13 heavy (non-hydrogen) atoms. The van der Waals surface area contributed by atoms with E-state index < -0.39 is 11.7 Å². The van der Waals surface area contributed by atoms with Crippen LogP contribution in [0.15, 0.2) is 16.6 Å². The molecule has 3 N–H and O–H groups in total. The lowest BCUT2D eigenvalue weighted by molar-refractivity contribution is 0.0952. The van der Waals surface area contributed by atoms with Gasteiger partial charge in [-0.15, -0.1) is 0 Å². The van der Waals surface area contributed by atoms with Crippen molar-refractivity contribution >= 4 is 21.8 Å². The third kappa shape index (κ3) is 2.05. The molecule has 3 nitrogen and oxygen atoms in total. The van der Waals surface area contributed by atoms with E-state index in [4.69, 9.17) is 5.84 Å². The van der Waals surface area contributed by atoms with E-state index in [9.17, 15) is 9.18 Å². The molecule has 0 heterocycles. The second kappa shape index (κ2) is 3.85. The van der Waals surface area contributed by atoms with Crippen molar-refractivity contribution in [1.29, 1.82) is 0 Å². The van der Waals surface area contributed by atoms with Gasteiger partial charge in [-0.3, -0.25) is 10.2 Å². The Labute approximate surface area is 83.2 Å². The van der Waals surface area contributed by atoms with Crippen LogP contribution >= 0.6 is 15.9 Å². The fraction of sp³-hybridized carbons (Fsp3) is 0.125. The number of amides is 1. The van der Waals surface area contributed by atoms with E-state index in [1.54, 1.807) is 6.92 Å². The lowest BCUT2D eigenvalue weighted by Gasteiger charge is -2.04. The number of aryl methyl sites for hydroxylation is 1. The van der Waals surface area contributed by atoms with Gasteiger partial charge in [0.15, 0.2) is 0 Å². The molecule has 5 heteroatoms. The Kier molecular flexibility index (Phi) is 3.00. The molecule has 1 rings (SSSR count). The van der Waals surface area contributed by atoms with Gasteiger partial charge in [0, 0.05) is 4.47 Å².